The van der Waals surface area contributed by atoms with E-state index < -0.39 is 46.8 Å². The molecule has 8 nitrogen and oxygen atoms in total. The van der Waals surface area contributed by atoms with E-state index in [-0.39, 0.29) is 16.7 Å². The number of esters is 1. The number of benzene rings is 1. The molecule has 5 rings (SSSR count). The highest BCUT2D eigenvalue weighted by Crippen LogP contribution is 2.62. The summed E-state index contributed by atoms with van der Waals surface area (Å²) >= 11 is 0. The van der Waals surface area contributed by atoms with Gasteiger partial charge in [-0.2, -0.15) is 8.42 Å². The third-order valence-electron chi connectivity index (χ3n) is 7.01. The number of halogens is 3. The van der Waals surface area contributed by atoms with Crippen LogP contribution in [-0.2, 0) is 19.6 Å². The van der Waals surface area contributed by atoms with Crippen molar-refractivity contribution < 1.29 is 49.9 Å². The summed E-state index contributed by atoms with van der Waals surface area (Å²) in [7, 11) is -2.90. The lowest BCUT2D eigenvalue weighted by Crippen LogP contribution is -2.54. The molecule has 0 amide bonds. The van der Waals surface area contributed by atoms with E-state index in [2.05, 4.69) is 4.74 Å². The van der Waals surface area contributed by atoms with Crippen molar-refractivity contribution >= 4 is 16.1 Å². The minimum absolute atomic E-state index is 0.166. The number of methoxy groups -OCH3 is 1. The molecule has 4 saturated carbocycles. The molecule has 1 atom stereocenters. The summed E-state index contributed by atoms with van der Waals surface area (Å²) in [5.41, 5.74) is -0.495. The molecular formula is C22H27F3O8S. The molecular weight excluding hydrogens is 481 g/mol. The number of rotatable bonds is 9. The minimum atomic E-state index is -4.99. The number of alkyl halides is 3. The zero-order valence-corrected chi connectivity index (χ0v) is 19.4. The first-order valence-corrected chi connectivity index (χ1v) is 12.7. The number of hydrogen-bond acceptors (Lipinski definition) is 7. The maximum atomic E-state index is 13.0. The Hall–Kier alpha value is -2.05. The highest BCUT2D eigenvalue weighted by atomic mass is 32.2. The van der Waals surface area contributed by atoms with Crippen molar-refractivity contribution in [2.75, 3.05) is 19.5 Å². The van der Waals surface area contributed by atoms with Gasteiger partial charge in [-0.15, -0.1) is 13.2 Å². The number of hydrogen-bond donors (Lipinski definition) is 1. The number of carbonyl (C=O) groups excluding carboxylic acids is 1. The fourth-order valence-electron chi connectivity index (χ4n) is 6.26. The molecule has 12 heteroatoms. The van der Waals surface area contributed by atoms with E-state index in [0.29, 0.717) is 17.8 Å². The lowest BCUT2D eigenvalue weighted by molar-refractivity contribution is -0.276. The fourth-order valence-corrected chi connectivity index (χ4v) is 6.56. The first-order chi connectivity index (χ1) is 15.9. The van der Waals surface area contributed by atoms with Crippen molar-refractivity contribution in [3.05, 3.63) is 23.8 Å². The van der Waals surface area contributed by atoms with E-state index in [9.17, 15) is 26.4 Å². The molecule has 0 aliphatic heterocycles. The molecule has 0 saturated heterocycles. The summed E-state index contributed by atoms with van der Waals surface area (Å²) in [4.78, 5) is 12.3. The third-order valence-corrected chi connectivity index (χ3v) is 7.70. The van der Waals surface area contributed by atoms with Crippen LogP contribution in [-0.4, -0.2) is 51.1 Å². The Kier molecular flexibility index (Phi) is 6.78. The summed E-state index contributed by atoms with van der Waals surface area (Å²) in [5.74, 6) is -1.13. The average Bonchev–Trinajstić information content (AvgIpc) is 2.69. The Morgan fingerprint density at radius 3 is 2.21 bits per heavy atom. The van der Waals surface area contributed by atoms with E-state index in [1.54, 1.807) is 0 Å². The summed E-state index contributed by atoms with van der Waals surface area (Å²) in [5, 5.41) is 0. The maximum Gasteiger partial charge on any atom is 0.573 e. The molecule has 0 heterocycles. The summed E-state index contributed by atoms with van der Waals surface area (Å²) in [6, 6.07) is 3.05. The zero-order valence-electron chi connectivity index (χ0n) is 18.5. The topological polar surface area (TPSA) is 108 Å². The van der Waals surface area contributed by atoms with Crippen LogP contribution < -0.4 is 9.47 Å². The lowest BCUT2D eigenvalue weighted by Gasteiger charge is -2.58. The summed E-state index contributed by atoms with van der Waals surface area (Å²) in [6.07, 6.45) is 0.245. The van der Waals surface area contributed by atoms with Crippen LogP contribution in [0, 0.1) is 23.2 Å². The summed E-state index contributed by atoms with van der Waals surface area (Å²) in [6.45, 7) is -0.622. The van der Waals surface area contributed by atoms with Crippen molar-refractivity contribution in [2.24, 2.45) is 23.2 Å². The maximum absolute atomic E-state index is 13.0. The smallest absolute Gasteiger partial charge is 0.461 e. The van der Waals surface area contributed by atoms with Gasteiger partial charge in [0, 0.05) is 12.5 Å². The van der Waals surface area contributed by atoms with Gasteiger partial charge >= 0.3 is 12.3 Å². The highest BCUT2D eigenvalue weighted by molar-refractivity contribution is 7.85. The second-order valence-corrected chi connectivity index (χ2v) is 11.2. The average molecular weight is 509 g/mol. The number of ether oxygens (including phenoxy) is 4. The van der Waals surface area contributed by atoms with Crippen molar-refractivity contribution in [1.29, 1.82) is 0 Å². The predicted octanol–water partition coefficient (Wildman–Crippen LogP) is 4.20. The first-order valence-electron chi connectivity index (χ1n) is 11.1. The molecule has 4 aliphatic carbocycles. The van der Waals surface area contributed by atoms with Crippen molar-refractivity contribution in [3.63, 3.8) is 0 Å². The van der Waals surface area contributed by atoms with E-state index in [1.165, 1.54) is 7.11 Å². The normalized spacial score (nSPS) is 29.0. The van der Waals surface area contributed by atoms with Crippen LogP contribution in [0.25, 0.3) is 0 Å². The standard InChI is InChI=1S/C22H27F3O8S/c1-30-20(21-10-13-6-14(11-21)8-15(7-13)12-21)32-18-9-16(2-3-17(18)33-22(23,24)25)19(26)31-4-5-34(27,28)29/h2-3,9,13-15,20H,4-8,10-12H2,1H3,(H,27,28,29). The van der Waals surface area contributed by atoms with E-state index in [0.717, 1.165) is 56.7 Å². The SMILES string of the molecule is COC(Oc1cc(C(=O)OCCS(=O)(=O)O)ccc1OC(F)(F)F)C12CC3CC(CC(C3)C1)C2. The first kappa shape index (κ1) is 25.1. The van der Waals surface area contributed by atoms with Gasteiger partial charge in [0.05, 0.1) is 5.56 Å². The van der Waals surface area contributed by atoms with Crippen LogP contribution in [0.5, 0.6) is 11.5 Å². The number of carbonyl (C=O) groups is 1. The Labute approximate surface area is 195 Å². The van der Waals surface area contributed by atoms with E-state index in [1.807, 2.05) is 0 Å². The Balaban J connectivity index is 1.57. The van der Waals surface area contributed by atoms with Gasteiger partial charge in [0.15, 0.2) is 11.5 Å². The minimum Gasteiger partial charge on any atom is -0.461 e. The van der Waals surface area contributed by atoms with Crippen LogP contribution in [0.2, 0.25) is 0 Å². The van der Waals surface area contributed by atoms with Gasteiger partial charge in [0.25, 0.3) is 10.1 Å². The Bertz CT molecular complexity index is 988. The van der Waals surface area contributed by atoms with Crippen LogP contribution in [0.1, 0.15) is 48.9 Å². The lowest BCUT2D eigenvalue weighted by atomic mass is 9.49. The van der Waals surface area contributed by atoms with Crippen molar-refractivity contribution in [2.45, 2.75) is 51.2 Å². The highest BCUT2D eigenvalue weighted by Gasteiger charge is 2.56. The zero-order chi connectivity index (χ0) is 24.7. The second-order valence-electron chi connectivity index (χ2n) is 9.60. The second kappa shape index (κ2) is 9.19. The van der Waals surface area contributed by atoms with Gasteiger partial charge in [-0.25, -0.2) is 4.79 Å². The van der Waals surface area contributed by atoms with Crippen molar-refractivity contribution in [3.8, 4) is 11.5 Å². The fraction of sp³-hybridized carbons (Fsp3) is 0.682. The Morgan fingerprint density at radius 1 is 1.12 bits per heavy atom. The van der Waals surface area contributed by atoms with E-state index >= 15 is 0 Å². The van der Waals surface area contributed by atoms with Crippen molar-refractivity contribution in [1.82, 2.24) is 0 Å². The molecule has 4 bridgehead atoms. The van der Waals surface area contributed by atoms with Crippen LogP contribution in [0.3, 0.4) is 0 Å². The van der Waals surface area contributed by atoms with Gasteiger partial charge in [-0.3, -0.25) is 4.55 Å². The summed E-state index contributed by atoms with van der Waals surface area (Å²) < 4.78 is 90.0. The van der Waals surface area contributed by atoms with Gasteiger partial charge < -0.3 is 18.9 Å². The van der Waals surface area contributed by atoms with Crippen LogP contribution >= 0.6 is 0 Å². The molecule has 1 N–H and O–H groups in total. The molecule has 1 aromatic rings. The van der Waals surface area contributed by atoms with Gasteiger partial charge in [0.1, 0.15) is 12.4 Å². The molecule has 4 fully saturated rings. The molecule has 4 aliphatic rings. The molecule has 0 aromatic heterocycles. The molecule has 34 heavy (non-hydrogen) atoms. The Morgan fingerprint density at radius 2 is 1.71 bits per heavy atom. The molecule has 0 spiro atoms. The largest absolute Gasteiger partial charge is 0.573 e. The van der Waals surface area contributed by atoms with Crippen LogP contribution in [0.15, 0.2) is 18.2 Å². The molecule has 1 unspecified atom stereocenters. The predicted molar refractivity (Wildman–Crippen MR) is 112 cm³/mol. The monoisotopic (exact) mass is 508 g/mol. The van der Waals surface area contributed by atoms with Gasteiger partial charge in [0.2, 0.25) is 6.29 Å². The van der Waals surface area contributed by atoms with E-state index in [4.69, 9.17) is 18.8 Å². The molecule has 190 valence electrons. The van der Waals surface area contributed by atoms with Gasteiger partial charge in [-0.05, 0) is 74.5 Å². The third kappa shape index (κ3) is 5.77. The van der Waals surface area contributed by atoms with Gasteiger partial charge in [-0.1, -0.05) is 0 Å². The molecule has 1 aromatic carbocycles. The molecule has 0 radical (unpaired) electrons. The quantitative estimate of drug-likeness (QED) is 0.300. The van der Waals surface area contributed by atoms with Crippen LogP contribution in [0.4, 0.5) is 13.2 Å².